The number of anilines is 1. The molecule has 0 aliphatic carbocycles. The predicted molar refractivity (Wildman–Crippen MR) is 115 cm³/mol. The van der Waals surface area contributed by atoms with Gasteiger partial charge in [-0.25, -0.2) is 9.97 Å². The first-order chi connectivity index (χ1) is 13.6. The van der Waals surface area contributed by atoms with Crippen molar-refractivity contribution < 1.29 is 9.53 Å². The zero-order valence-corrected chi connectivity index (χ0v) is 17.7. The SMILES string of the molecule is C=CCN(CC=C)c1cc(Cl)nc(SCC(=O)NCCCN2CCOCC2)n1. The Labute approximate surface area is 176 Å². The van der Waals surface area contributed by atoms with Crippen LogP contribution in [0.1, 0.15) is 6.42 Å². The summed E-state index contributed by atoms with van der Waals surface area (Å²) in [5.41, 5.74) is 0. The molecule has 0 atom stereocenters. The molecular weight excluding hydrogens is 398 g/mol. The van der Waals surface area contributed by atoms with E-state index in [4.69, 9.17) is 16.3 Å². The lowest BCUT2D eigenvalue weighted by molar-refractivity contribution is -0.118. The Hall–Kier alpha value is -1.61. The van der Waals surface area contributed by atoms with E-state index in [1.807, 2.05) is 4.90 Å². The highest BCUT2D eigenvalue weighted by Crippen LogP contribution is 2.21. The molecule has 2 heterocycles. The number of halogens is 1. The second-order valence-electron chi connectivity index (χ2n) is 6.26. The summed E-state index contributed by atoms with van der Waals surface area (Å²) in [7, 11) is 0. The van der Waals surface area contributed by atoms with Crippen LogP contribution in [0.3, 0.4) is 0 Å². The van der Waals surface area contributed by atoms with Gasteiger partial charge in [-0.15, -0.1) is 13.2 Å². The Balaban J connectivity index is 1.76. The summed E-state index contributed by atoms with van der Waals surface area (Å²) in [5.74, 6) is 0.902. The average Bonchev–Trinajstić information content (AvgIpc) is 2.70. The van der Waals surface area contributed by atoms with E-state index < -0.39 is 0 Å². The minimum Gasteiger partial charge on any atom is -0.379 e. The number of carbonyl (C=O) groups excluding carboxylic acids is 1. The number of nitrogens with zero attached hydrogens (tertiary/aromatic N) is 4. The normalized spacial score (nSPS) is 14.5. The number of rotatable bonds is 12. The second-order valence-corrected chi connectivity index (χ2v) is 7.59. The lowest BCUT2D eigenvalue weighted by Gasteiger charge is -2.26. The van der Waals surface area contributed by atoms with Crippen LogP contribution in [0, 0.1) is 0 Å². The number of ether oxygens (including phenoxy) is 1. The summed E-state index contributed by atoms with van der Waals surface area (Å²) in [6.45, 7) is 13.9. The van der Waals surface area contributed by atoms with Crippen LogP contribution < -0.4 is 10.2 Å². The van der Waals surface area contributed by atoms with Gasteiger partial charge in [-0.2, -0.15) is 0 Å². The maximum Gasteiger partial charge on any atom is 0.230 e. The molecule has 0 spiro atoms. The van der Waals surface area contributed by atoms with E-state index in [2.05, 4.69) is 33.3 Å². The molecule has 154 valence electrons. The van der Waals surface area contributed by atoms with Gasteiger partial charge in [0.2, 0.25) is 5.91 Å². The molecule has 0 radical (unpaired) electrons. The fourth-order valence-electron chi connectivity index (χ4n) is 2.72. The van der Waals surface area contributed by atoms with Gasteiger partial charge in [0, 0.05) is 38.8 Å². The van der Waals surface area contributed by atoms with Crippen LogP contribution in [0.4, 0.5) is 5.82 Å². The molecule has 1 aliphatic rings. The molecule has 1 aliphatic heterocycles. The van der Waals surface area contributed by atoms with Crippen molar-refractivity contribution in [2.24, 2.45) is 0 Å². The van der Waals surface area contributed by atoms with Crippen LogP contribution >= 0.6 is 23.4 Å². The monoisotopic (exact) mass is 425 g/mol. The van der Waals surface area contributed by atoms with E-state index in [0.29, 0.717) is 35.8 Å². The zero-order valence-electron chi connectivity index (χ0n) is 16.1. The molecule has 9 heteroatoms. The van der Waals surface area contributed by atoms with Crippen LogP contribution in [-0.4, -0.2) is 79.0 Å². The van der Waals surface area contributed by atoms with Gasteiger partial charge in [-0.3, -0.25) is 9.69 Å². The van der Waals surface area contributed by atoms with E-state index in [-0.39, 0.29) is 11.7 Å². The summed E-state index contributed by atoms with van der Waals surface area (Å²) in [6.07, 6.45) is 4.50. The van der Waals surface area contributed by atoms with Gasteiger partial charge in [0.15, 0.2) is 5.16 Å². The minimum atomic E-state index is -0.0360. The first kappa shape index (κ1) is 22.7. The van der Waals surface area contributed by atoms with Crippen molar-refractivity contribution in [1.29, 1.82) is 0 Å². The van der Waals surface area contributed by atoms with Gasteiger partial charge in [0.1, 0.15) is 11.0 Å². The Morgan fingerprint density at radius 3 is 2.71 bits per heavy atom. The highest BCUT2D eigenvalue weighted by atomic mass is 35.5. The Kier molecular flexibility index (Phi) is 10.3. The molecule has 1 amide bonds. The summed E-state index contributed by atoms with van der Waals surface area (Å²) < 4.78 is 5.33. The second kappa shape index (κ2) is 12.8. The van der Waals surface area contributed by atoms with Crippen LogP contribution in [0.15, 0.2) is 36.5 Å². The fourth-order valence-corrected chi connectivity index (χ4v) is 3.63. The van der Waals surface area contributed by atoms with E-state index in [9.17, 15) is 4.79 Å². The van der Waals surface area contributed by atoms with Gasteiger partial charge in [-0.1, -0.05) is 35.5 Å². The smallest absolute Gasteiger partial charge is 0.230 e. The molecule has 7 nitrogen and oxygen atoms in total. The van der Waals surface area contributed by atoms with Crippen molar-refractivity contribution in [2.75, 3.05) is 63.1 Å². The van der Waals surface area contributed by atoms with E-state index in [1.165, 1.54) is 11.8 Å². The molecule has 0 aromatic carbocycles. The van der Waals surface area contributed by atoms with E-state index in [0.717, 1.165) is 39.3 Å². The van der Waals surface area contributed by atoms with E-state index >= 15 is 0 Å². The predicted octanol–water partition coefficient (Wildman–Crippen LogP) is 2.24. The standard InChI is InChI=1S/C19H28ClN5O2S/c1-3-7-25(8-4-2)17-14-16(20)22-19(23-17)28-15-18(26)21-6-5-9-24-10-12-27-13-11-24/h3-4,14H,1-2,5-13,15H2,(H,21,26). The Bertz CT molecular complexity index is 645. The first-order valence-corrected chi connectivity index (χ1v) is 10.7. The summed E-state index contributed by atoms with van der Waals surface area (Å²) in [4.78, 5) is 25.1. The Morgan fingerprint density at radius 2 is 2.04 bits per heavy atom. The van der Waals surface area contributed by atoms with Crippen LogP contribution in [0.25, 0.3) is 0 Å². The molecule has 1 aromatic rings. The third-order valence-electron chi connectivity index (χ3n) is 4.09. The van der Waals surface area contributed by atoms with Crippen molar-refractivity contribution in [3.63, 3.8) is 0 Å². The molecule has 1 fully saturated rings. The number of hydrogen-bond donors (Lipinski definition) is 1. The number of nitrogens with one attached hydrogen (secondary N) is 1. The van der Waals surface area contributed by atoms with Gasteiger partial charge in [0.25, 0.3) is 0 Å². The lowest BCUT2D eigenvalue weighted by Crippen LogP contribution is -2.38. The number of hydrogen-bond acceptors (Lipinski definition) is 7. The maximum absolute atomic E-state index is 12.1. The minimum absolute atomic E-state index is 0.0360. The molecule has 2 rings (SSSR count). The highest BCUT2D eigenvalue weighted by molar-refractivity contribution is 7.99. The van der Waals surface area contributed by atoms with Gasteiger partial charge in [-0.05, 0) is 13.0 Å². The summed E-state index contributed by atoms with van der Waals surface area (Å²) >= 11 is 7.40. The van der Waals surface area contributed by atoms with Gasteiger partial charge < -0.3 is 15.0 Å². The number of thioether (sulfide) groups is 1. The molecule has 0 saturated carbocycles. The van der Waals surface area contributed by atoms with Crippen molar-refractivity contribution in [3.05, 3.63) is 36.5 Å². The molecule has 0 bridgehead atoms. The molecular formula is C19H28ClN5O2S. The molecule has 1 aromatic heterocycles. The molecule has 1 N–H and O–H groups in total. The number of amides is 1. The van der Waals surface area contributed by atoms with Crippen molar-refractivity contribution in [1.82, 2.24) is 20.2 Å². The van der Waals surface area contributed by atoms with Gasteiger partial charge in [0.05, 0.1) is 19.0 Å². The molecule has 28 heavy (non-hydrogen) atoms. The van der Waals surface area contributed by atoms with Crippen molar-refractivity contribution >= 4 is 35.1 Å². The van der Waals surface area contributed by atoms with Crippen LogP contribution in [0.2, 0.25) is 5.15 Å². The lowest BCUT2D eigenvalue weighted by atomic mass is 10.3. The van der Waals surface area contributed by atoms with Crippen molar-refractivity contribution in [2.45, 2.75) is 11.6 Å². The number of morpholine rings is 1. The number of aromatic nitrogens is 2. The van der Waals surface area contributed by atoms with Crippen molar-refractivity contribution in [3.8, 4) is 0 Å². The topological polar surface area (TPSA) is 70.6 Å². The average molecular weight is 426 g/mol. The summed E-state index contributed by atoms with van der Waals surface area (Å²) in [6, 6.07) is 1.70. The van der Waals surface area contributed by atoms with Crippen LogP contribution in [0.5, 0.6) is 0 Å². The third-order valence-corrected chi connectivity index (χ3v) is 5.13. The molecule has 0 unspecified atom stereocenters. The maximum atomic E-state index is 12.1. The summed E-state index contributed by atoms with van der Waals surface area (Å²) in [5, 5.41) is 3.76. The van der Waals surface area contributed by atoms with E-state index in [1.54, 1.807) is 18.2 Å². The van der Waals surface area contributed by atoms with Gasteiger partial charge >= 0.3 is 0 Å². The fraction of sp³-hybridized carbons (Fsp3) is 0.526. The molecule has 1 saturated heterocycles. The highest BCUT2D eigenvalue weighted by Gasteiger charge is 2.12. The first-order valence-electron chi connectivity index (χ1n) is 9.33. The third kappa shape index (κ3) is 8.18. The zero-order chi connectivity index (χ0) is 20.2. The quantitative estimate of drug-likeness (QED) is 0.181. The largest absolute Gasteiger partial charge is 0.379 e. The van der Waals surface area contributed by atoms with Crippen LogP contribution in [-0.2, 0) is 9.53 Å². The Morgan fingerprint density at radius 1 is 1.32 bits per heavy atom. The number of carbonyl (C=O) groups is 1.